The fraction of sp³-hybridized carbons (Fsp3) is 0.400. The fourth-order valence-corrected chi connectivity index (χ4v) is 3.30. The van der Waals surface area contributed by atoms with Crippen molar-refractivity contribution in [2.24, 2.45) is 0 Å². The molecule has 3 aromatic rings. The molecule has 0 spiro atoms. The van der Waals surface area contributed by atoms with Crippen molar-refractivity contribution in [3.8, 4) is 0 Å². The fourth-order valence-electron chi connectivity index (χ4n) is 3.30. The summed E-state index contributed by atoms with van der Waals surface area (Å²) >= 11 is 0. The molecular weight excluding hydrogens is 368 g/mol. The van der Waals surface area contributed by atoms with Crippen molar-refractivity contribution >= 4 is 28.7 Å². The Morgan fingerprint density at radius 3 is 2.59 bits per heavy atom. The highest BCUT2D eigenvalue weighted by Crippen LogP contribution is 2.24. The highest BCUT2D eigenvalue weighted by atomic mass is 16.2. The first kappa shape index (κ1) is 19.0. The quantitative estimate of drug-likeness (QED) is 0.716. The van der Waals surface area contributed by atoms with E-state index in [1.165, 1.54) is 0 Å². The van der Waals surface area contributed by atoms with Crippen molar-refractivity contribution in [3.05, 3.63) is 41.3 Å². The third kappa shape index (κ3) is 4.23. The van der Waals surface area contributed by atoms with Crippen molar-refractivity contribution in [1.82, 2.24) is 30.0 Å². The van der Waals surface area contributed by atoms with Crippen LogP contribution < -0.4 is 10.2 Å². The molecule has 0 atom stereocenters. The van der Waals surface area contributed by atoms with Crippen LogP contribution >= 0.6 is 0 Å². The van der Waals surface area contributed by atoms with Gasteiger partial charge in [-0.2, -0.15) is 20.2 Å². The molecule has 29 heavy (non-hydrogen) atoms. The molecule has 9 heteroatoms. The zero-order valence-corrected chi connectivity index (χ0v) is 16.9. The van der Waals surface area contributed by atoms with E-state index in [-0.39, 0.29) is 5.91 Å². The monoisotopic (exact) mass is 392 g/mol. The van der Waals surface area contributed by atoms with Crippen molar-refractivity contribution in [1.29, 1.82) is 0 Å². The second-order valence-electron chi connectivity index (χ2n) is 7.27. The third-order valence-electron chi connectivity index (χ3n) is 4.97. The summed E-state index contributed by atoms with van der Waals surface area (Å²) in [5, 5.41) is 12.6. The molecule has 0 radical (unpaired) electrons. The molecule has 1 saturated heterocycles. The molecule has 1 N–H and O–H groups in total. The molecule has 1 fully saturated rings. The van der Waals surface area contributed by atoms with E-state index in [1.807, 2.05) is 43.1 Å². The van der Waals surface area contributed by atoms with Gasteiger partial charge in [0.15, 0.2) is 5.65 Å². The van der Waals surface area contributed by atoms with E-state index in [0.717, 1.165) is 28.2 Å². The van der Waals surface area contributed by atoms with Crippen LogP contribution in [-0.4, -0.2) is 62.1 Å². The number of carbonyl (C=O) groups is 1. The predicted octanol–water partition coefficient (Wildman–Crippen LogP) is 1.71. The van der Waals surface area contributed by atoms with Crippen LogP contribution in [0.2, 0.25) is 0 Å². The number of amides is 1. The van der Waals surface area contributed by atoms with Crippen LogP contribution in [0.3, 0.4) is 0 Å². The molecule has 0 saturated carbocycles. The van der Waals surface area contributed by atoms with Crippen LogP contribution in [0.15, 0.2) is 24.4 Å². The number of aromatic nitrogens is 5. The Kier molecular flexibility index (Phi) is 5.20. The van der Waals surface area contributed by atoms with E-state index in [9.17, 15) is 4.79 Å². The predicted molar refractivity (Wildman–Crippen MR) is 111 cm³/mol. The normalized spacial score (nSPS) is 14.3. The molecule has 1 aliphatic rings. The summed E-state index contributed by atoms with van der Waals surface area (Å²) in [6.07, 6.45) is 1.81. The summed E-state index contributed by atoms with van der Waals surface area (Å²) in [5.74, 6) is 1.44. The van der Waals surface area contributed by atoms with E-state index >= 15 is 0 Å². The first-order chi connectivity index (χ1) is 14.0. The van der Waals surface area contributed by atoms with Crippen LogP contribution in [0.1, 0.15) is 23.9 Å². The standard InChI is InChI=1S/C20H24N8O/c1-13-10-17-18(21-11-13)23-20(28-8-6-27(7-9-28)15(3)29)24-19(17)22-12-16-5-4-14(2)25-26-16/h4-5,10-11H,6-9,12H2,1-3H3,(H,21,22,23,24). The summed E-state index contributed by atoms with van der Waals surface area (Å²) < 4.78 is 0. The van der Waals surface area contributed by atoms with Gasteiger partial charge in [0.2, 0.25) is 11.9 Å². The molecule has 150 valence electrons. The second-order valence-corrected chi connectivity index (χ2v) is 7.27. The van der Waals surface area contributed by atoms with Gasteiger partial charge >= 0.3 is 0 Å². The van der Waals surface area contributed by atoms with Gasteiger partial charge in [-0.1, -0.05) is 0 Å². The van der Waals surface area contributed by atoms with E-state index < -0.39 is 0 Å². The lowest BCUT2D eigenvalue weighted by Gasteiger charge is -2.34. The Balaban J connectivity index is 1.62. The van der Waals surface area contributed by atoms with Gasteiger partial charge in [0.05, 0.1) is 23.3 Å². The lowest BCUT2D eigenvalue weighted by atomic mass is 10.2. The summed E-state index contributed by atoms with van der Waals surface area (Å²) in [6.45, 7) is 8.74. The van der Waals surface area contributed by atoms with Crippen molar-refractivity contribution in [3.63, 3.8) is 0 Å². The number of rotatable bonds is 4. The number of hydrogen-bond donors (Lipinski definition) is 1. The summed E-state index contributed by atoms with van der Waals surface area (Å²) in [7, 11) is 0. The van der Waals surface area contributed by atoms with Gasteiger partial charge in [0.1, 0.15) is 5.82 Å². The number of anilines is 2. The van der Waals surface area contributed by atoms with Crippen LogP contribution in [0.25, 0.3) is 11.0 Å². The molecule has 3 aromatic heterocycles. The number of fused-ring (bicyclic) bond motifs is 1. The van der Waals surface area contributed by atoms with Crippen LogP contribution in [-0.2, 0) is 11.3 Å². The van der Waals surface area contributed by atoms with Gasteiger partial charge in [-0.05, 0) is 37.6 Å². The van der Waals surface area contributed by atoms with E-state index in [4.69, 9.17) is 4.98 Å². The van der Waals surface area contributed by atoms with Gasteiger partial charge in [-0.15, -0.1) is 0 Å². The van der Waals surface area contributed by atoms with Gasteiger partial charge in [0.25, 0.3) is 0 Å². The Morgan fingerprint density at radius 1 is 1.10 bits per heavy atom. The number of nitrogens with zero attached hydrogens (tertiary/aromatic N) is 7. The van der Waals surface area contributed by atoms with Crippen LogP contribution in [0.4, 0.5) is 11.8 Å². The van der Waals surface area contributed by atoms with E-state index in [2.05, 4.69) is 30.4 Å². The molecule has 9 nitrogen and oxygen atoms in total. The third-order valence-corrected chi connectivity index (χ3v) is 4.97. The van der Waals surface area contributed by atoms with Crippen LogP contribution in [0, 0.1) is 13.8 Å². The number of pyridine rings is 1. The van der Waals surface area contributed by atoms with Crippen LogP contribution in [0.5, 0.6) is 0 Å². The first-order valence-corrected chi connectivity index (χ1v) is 9.67. The van der Waals surface area contributed by atoms with Crippen molar-refractivity contribution in [2.45, 2.75) is 27.3 Å². The molecule has 0 unspecified atom stereocenters. The number of piperazine rings is 1. The van der Waals surface area contributed by atoms with E-state index in [0.29, 0.717) is 44.3 Å². The minimum Gasteiger partial charge on any atom is -0.364 e. The maximum absolute atomic E-state index is 11.6. The second kappa shape index (κ2) is 7.94. The number of aryl methyl sites for hydroxylation is 2. The Hall–Kier alpha value is -3.36. The smallest absolute Gasteiger partial charge is 0.229 e. The summed E-state index contributed by atoms with van der Waals surface area (Å²) in [4.78, 5) is 29.5. The molecule has 4 heterocycles. The largest absolute Gasteiger partial charge is 0.364 e. The van der Waals surface area contributed by atoms with Gasteiger partial charge in [0, 0.05) is 39.3 Å². The lowest BCUT2D eigenvalue weighted by Crippen LogP contribution is -2.48. The van der Waals surface area contributed by atoms with E-state index in [1.54, 1.807) is 6.92 Å². The molecular formula is C20H24N8O. The molecule has 0 aliphatic carbocycles. The molecule has 0 bridgehead atoms. The minimum absolute atomic E-state index is 0.0998. The Morgan fingerprint density at radius 2 is 1.90 bits per heavy atom. The van der Waals surface area contributed by atoms with Gasteiger partial charge in [-0.3, -0.25) is 4.79 Å². The molecule has 0 aromatic carbocycles. The first-order valence-electron chi connectivity index (χ1n) is 9.67. The Bertz CT molecular complexity index is 1030. The average Bonchev–Trinajstić information content (AvgIpc) is 2.73. The topological polar surface area (TPSA) is 100 Å². The van der Waals surface area contributed by atoms with Gasteiger partial charge in [-0.25, -0.2) is 4.98 Å². The maximum Gasteiger partial charge on any atom is 0.229 e. The average molecular weight is 392 g/mol. The number of nitrogens with one attached hydrogen (secondary N) is 1. The highest BCUT2D eigenvalue weighted by molar-refractivity contribution is 5.88. The maximum atomic E-state index is 11.6. The highest BCUT2D eigenvalue weighted by Gasteiger charge is 2.22. The van der Waals surface area contributed by atoms with Crippen molar-refractivity contribution in [2.75, 3.05) is 36.4 Å². The molecule has 1 amide bonds. The Labute approximate surface area is 169 Å². The summed E-state index contributed by atoms with van der Waals surface area (Å²) in [5.41, 5.74) is 3.40. The molecule has 4 rings (SSSR count). The minimum atomic E-state index is 0.0998. The number of carbonyl (C=O) groups excluding carboxylic acids is 1. The lowest BCUT2D eigenvalue weighted by molar-refractivity contribution is -0.129. The number of hydrogen-bond acceptors (Lipinski definition) is 8. The molecule has 1 aliphatic heterocycles. The zero-order valence-electron chi connectivity index (χ0n) is 16.9. The van der Waals surface area contributed by atoms with Crippen molar-refractivity contribution < 1.29 is 4.79 Å². The SMILES string of the molecule is CC(=O)N1CCN(c2nc(NCc3ccc(C)nn3)c3cc(C)cnc3n2)CC1. The van der Waals surface area contributed by atoms with Gasteiger partial charge < -0.3 is 15.1 Å². The summed E-state index contributed by atoms with van der Waals surface area (Å²) in [6, 6.07) is 5.92. The zero-order chi connectivity index (χ0) is 20.4.